The summed E-state index contributed by atoms with van der Waals surface area (Å²) < 4.78 is 5.24. The number of methoxy groups -OCH3 is 1. The number of nitrogens with zero attached hydrogens (tertiary/aromatic N) is 3. The summed E-state index contributed by atoms with van der Waals surface area (Å²) in [5.74, 6) is 0.788. The molecule has 0 unspecified atom stereocenters. The van der Waals surface area contributed by atoms with E-state index < -0.39 is 5.91 Å². The summed E-state index contributed by atoms with van der Waals surface area (Å²) in [4.78, 5) is 14.5. The van der Waals surface area contributed by atoms with Crippen LogP contribution in [0, 0.1) is 0 Å². The van der Waals surface area contributed by atoms with Crippen LogP contribution in [-0.4, -0.2) is 29.8 Å². The predicted molar refractivity (Wildman–Crippen MR) is 107 cm³/mol. The largest absolute Gasteiger partial charge is 0.495 e. The molecule has 3 rings (SSSR count). The van der Waals surface area contributed by atoms with Crippen LogP contribution in [0.3, 0.4) is 0 Å². The van der Waals surface area contributed by atoms with Gasteiger partial charge in [0.15, 0.2) is 11.5 Å². The number of carbonyl (C=O) groups excluding carboxylic acids is 1. The third-order valence-corrected chi connectivity index (χ3v) is 4.19. The van der Waals surface area contributed by atoms with E-state index in [1.165, 1.54) is 7.11 Å². The zero-order valence-electron chi connectivity index (χ0n) is 15.0. The highest BCUT2D eigenvalue weighted by Crippen LogP contribution is 2.28. The van der Waals surface area contributed by atoms with Crippen LogP contribution in [0.5, 0.6) is 5.75 Å². The number of rotatable bonds is 6. The number of hydrogen-bond acceptors (Lipinski definition) is 5. The maximum Gasteiger partial charge on any atom is 0.276 e. The number of benzene rings is 2. The molecular formula is C20H19ClN4O2. The molecule has 1 aromatic heterocycles. The summed E-state index contributed by atoms with van der Waals surface area (Å²) in [5.41, 5.74) is 1.68. The van der Waals surface area contributed by atoms with Crippen molar-refractivity contribution >= 4 is 34.7 Å². The number of ether oxygens (including phenoxy) is 1. The van der Waals surface area contributed by atoms with Gasteiger partial charge in [0.1, 0.15) is 5.75 Å². The van der Waals surface area contributed by atoms with Crippen molar-refractivity contribution in [2.45, 2.75) is 6.92 Å². The van der Waals surface area contributed by atoms with E-state index in [0.717, 1.165) is 12.2 Å². The first-order chi connectivity index (χ1) is 13.1. The van der Waals surface area contributed by atoms with E-state index in [-0.39, 0.29) is 5.69 Å². The van der Waals surface area contributed by atoms with Gasteiger partial charge in [-0.1, -0.05) is 29.8 Å². The van der Waals surface area contributed by atoms with Crippen molar-refractivity contribution in [3.8, 4) is 5.75 Å². The number of carbonyl (C=O) groups is 1. The van der Waals surface area contributed by atoms with Gasteiger partial charge in [-0.25, -0.2) is 0 Å². The van der Waals surface area contributed by atoms with E-state index in [0.29, 0.717) is 22.3 Å². The molecule has 0 bridgehead atoms. The topological polar surface area (TPSA) is 67.4 Å². The summed E-state index contributed by atoms with van der Waals surface area (Å²) in [6.07, 6.45) is 0. The second-order valence-corrected chi connectivity index (χ2v) is 6.09. The molecule has 0 saturated heterocycles. The number of halogens is 1. The first-order valence-electron chi connectivity index (χ1n) is 8.43. The fourth-order valence-corrected chi connectivity index (χ4v) is 2.81. The Kier molecular flexibility index (Phi) is 5.88. The van der Waals surface area contributed by atoms with Gasteiger partial charge in [0, 0.05) is 17.3 Å². The second-order valence-electron chi connectivity index (χ2n) is 5.66. The Labute approximate surface area is 162 Å². The minimum Gasteiger partial charge on any atom is -0.495 e. The van der Waals surface area contributed by atoms with Crippen LogP contribution in [-0.2, 0) is 0 Å². The highest BCUT2D eigenvalue weighted by atomic mass is 35.5. The van der Waals surface area contributed by atoms with Crippen LogP contribution in [0.15, 0.2) is 60.7 Å². The molecule has 0 aliphatic rings. The zero-order chi connectivity index (χ0) is 19.2. The van der Waals surface area contributed by atoms with Gasteiger partial charge in [-0.2, -0.15) is 0 Å². The molecule has 0 atom stereocenters. The quantitative estimate of drug-likeness (QED) is 0.677. The van der Waals surface area contributed by atoms with Gasteiger partial charge < -0.3 is 15.0 Å². The highest BCUT2D eigenvalue weighted by Gasteiger charge is 2.14. The van der Waals surface area contributed by atoms with Gasteiger partial charge in [0.25, 0.3) is 5.91 Å². The third kappa shape index (κ3) is 4.35. The average Bonchev–Trinajstić information content (AvgIpc) is 2.70. The Morgan fingerprint density at radius 3 is 2.52 bits per heavy atom. The van der Waals surface area contributed by atoms with Gasteiger partial charge in [0.05, 0.1) is 12.8 Å². The molecule has 7 heteroatoms. The van der Waals surface area contributed by atoms with E-state index in [2.05, 4.69) is 15.5 Å². The summed E-state index contributed by atoms with van der Waals surface area (Å²) in [7, 11) is 1.52. The number of aromatic nitrogens is 2. The smallest absolute Gasteiger partial charge is 0.276 e. The summed E-state index contributed by atoms with van der Waals surface area (Å²) >= 11 is 5.99. The number of nitrogens with one attached hydrogen (secondary N) is 1. The molecule has 1 N–H and O–H groups in total. The molecule has 27 heavy (non-hydrogen) atoms. The van der Waals surface area contributed by atoms with Gasteiger partial charge in [0.2, 0.25) is 0 Å². The zero-order valence-corrected chi connectivity index (χ0v) is 15.8. The van der Waals surface area contributed by atoms with Crippen molar-refractivity contribution in [1.82, 2.24) is 10.2 Å². The van der Waals surface area contributed by atoms with Crippen molar-refractivity contribution in [2.24, 2.45) is 0 Å². The molecule has 6 nitrogen and oxygen atoms in total. The van der Waals surface area contributed by atoms with Crippen molar-refractivity contribution in [3.63, 3.8) is 0 Å². The van der Waals surface area contributed by atoms with Crippen LogP contribution < -0.4 is 15.0 Å². The lowest BCUT2D eigenvalue weighted by Gasteiger charge is -2.21. The first kappa shape index (κ1) is 18.7. The molecule has 0 radical (unpaired) electrons. The third-order valence-electron chi connectivity index (χ3n) is 3.95. The fourth-order valence-electron chi connectivity index (χ4n) is 2.64. The number of anilines is 3. The van der Waals surface area contributed by atoms with Crippen LogP contribution in [0.1, 0.15) is 17.4 Å². The van der Waals surface area contributed by atoms with Crippen LogP contribution in [0.2, 0.25) is 5.02 Å². The SMILES string of the molecule is CCN(c1ccccc1)c1ccc(C(=O)Nc2cc(Cl)ccc2OC)nn1. The molecule has 0 saturated carbocycles. The lowest BCUT2D eigenvalue weighted by atomic mass is 10.2. The maximum absolute atomic E-state index is 12.5. The van der Waals surface area contributed by atoms with Crippen LogP contribution in [0.4, 0.5) is 17.2 Å². The summed E-state index contributed by atoms with van der Waals surface area (Å²) in [5, 5.41) is 11.5. The molecule has 0 aliphatic carbocycles. The molecule has 3 aromatic rings. The summed E-state index contributed by atoms with van der Waals surface area (Å²) in [6, 6.07) is 18.3. The molecule has 0 spiro atoms. The lowest BCUT2D eigenvalue weighted by molar-refractivity contribution is 0.102. The van der Waals surface area contributed by atoms with Crippen molar-refractivity contribution in [3.05, 3.63) is 71.4 Å². The molecule has 138 valence electrons. The fraction of sp³-hybridized carbons (Fsp3) is 0.150. The summed E-state index contributed by atoms with van der Waals surface area (Å²) in [6.45, 7) is 2.75. The Morgan fingerprint density at radius 2 is 1.89 bits per heavy atom. The second kappa shape index (κ2) is 8.51. The predicted octanol–water partition coefficient (Wildman–Crippen LogP) is 4.55. The molecule has 1 amide bonds. The molecule has 0 fully saturated rings. The van der Waals surface area contributed by atoms with Crippen LogP contribution in [0.25, 0.3) is 0 Å². The monoisotopic (exact) mass is 382 g/mol. The highest BCUT2D eigenvalue weighted by molar-refractivity contribution is 6.31. The van der Waals surface area contributed by atoms with E-state index in [9.17, 15) is 4.79 Å². The molecular weight excluding hydrogens is 364 g/mol. The van der Waals surface area contributed by atoms with Gasteiger partial charge >= 0.3 is 0 Å². The van der Waals surface area contributed by atoms with Crippen molar-refractivity contribution in [1.29, 1.82) is 0 Å². The Balaban J connectivity index is 1.79. The van der Waals surface area contributed by atoms with Gasteiger partial charge in [-0.15, -0.1) is 10.2 Å². The van der Waals surface area contributed by atoms with Crippen molar-refractivity contribution < 1.29 is 9.53 Å². The minimum atomic E-state index is -0.391. The van der Waals surface area contributed by atoms with Gasteiger partial charge in [-0.3, -0.25) is 4.79 Å². The number of hydrogen-bond donors (Lipinski definition) is 1. The standard InChI is InChI=1S/C20H19ClN4O2/c1-3-25(15-7-5-4-6-8-15)19-12-10-16(23-24-19)20(26)22-17-13-14(21)9-11-18(17)27-2/h4-13H,3H2,1-2H3,(H,22,26). The van der Waals surface area contributed by atoms with E-state index >= 15 is 0 Å². The lowest BCUT2D eigenvalue weighted by Crippen LogP contribution is -2.19. The maximum atomic E-state index is 12.5. The number of amides is 1. The van der Waals surface area contributed by atoms with Crippen LogP contribution >= 0.6 is 11.6 Å². The minimum absolute atomic E-state index is 0.199. The van der Waals surface area contributed by atoms with E-state index in [1.807, 2.05) is 42.2 Å². The molecule has 1 heterocycles. The van der Waals surface area contributed by atoms with E-state index in [4.69, 9.17) is 16.3 Å². The van der Waals surface area contributed by atoms with Crippen molar-refractivity contribution in [2.75, 3.05) is 23.9 Å². The van der Waals surface area contributed by atoms with E-state index in [1.54, 1.807) is 30.3 Å². The number of para-hydroxylation sites is 1. The first-order valence-corrected chi connectivity index (χ1v) is 8.81. The normalized spacial score (nSPS) is 10.3. The van der Waals surface area contributed by atoms with Gasteiger partial charge in [-0.05, 0) is 49.4 Å². The Bertz CT molecular complexity index is 917. The Hall–Kier alpha value is -3.12. The molecule has 0 aliphatic heterocycles. The Morgan fingerprint density at radius 1 is 1.11 bits per heavy atom. The molecule has 2 aromatic carbocycles. The average molecular weight is 383 g/mol.